The minimum Gasteiger partial charge on any atom is -0.479 e. The third-order valence-electron chi connectivity index (χ3n) is 3.27. The number of hydrogen-bond donors (Lipinski definition) is 2. The largest absolute Gasteiger partial charge is 0.479 e. The molecule has 0 aliphatic heterocycles. The molecule has 70 valence electrons. The quantitative estimate of drug-likeness (QED) is 0.626. The smallest absolute Gasteiger partial charge is 0.336 e. The summed E-state index contributed by atoms with van der Waals surface area (Å²) in [5.41, 5.74) is -2.04. The molecule has 1 fully saturated rings. The molecule has 0 aromatic carbocycles. The highest BCUT2D eigenvalue weighted by atomic mass is 16.4. The van der Waals surface area contributed by atoms with E-state index in [0.29, 0.717) is 0 Å². The summed E-state index contributed by atoms with van der Waals surface area (Å²) < 4.78 is 0. The van der Waals surface area contributed by atoms with Crippen molar-refractivity contribution in [2.45, 2.75) is 39.2 Å². The predicted octanol–water partition coefficient (Wildman–Crippen LogP) is 1.26. The molecule has 0 aromatic rings. The number of hydrogen-bond acceptors (Lipinski definition) is 2. The minimum atomic E-state index is -1.53. The van der Waals surface area contributed by atoms with Crippen LogP contribution in [-0.4, -0.2) is 21.8 Å². The summed E-state index contributed by atoms with van der Waals surface area (Å²) in [6, 6.07) is 0. The maximum atomic E-state index is 10.9. The van der Waals surface area contributed by atoms with Gasteiger partial charge < -0.3 is 10.2 Å². The lowest BCUT2D eigenvalue weighted by Gasteiger charge is -2.35. The lowest BCUT2D eigenvalue weighted by Crippen LogP contribution is -2.51. The molecule has 1 aliphatic rings. The lowest BCUT2D eigenvalue weighted by atomic mass is 9.75. The maximum Gasteiger partial charge on any atom is 0.336 e. The number of aliphatic hydroxyl groups is 1. The van der Waals surface area contributed by atoms with Crippen molar-refractivity contribution in [3.8, 4) is 0 Å². The van der Waals surface area contributed by atoms with Gasteiger partial charge in [0.2, 0.25) is 0 Å². The molecule has 1 rings (SSSR count). The van der Waals surface area contributed by atoms with Crippen LogP contribution in [0.5, 0.6) is 0 Å². The molecule has 2 N–H and O–H groups in total. The van der Waals surface area contributed by atoms with E-state index < -0.39 is 17.0 Å². The van der Waals surface area contributed by atoms with Crippen molar-refractivity contribution in [2.24, 2.45) is 11.3 Å². The van der Waals surface area contributed by atoms with Gasteiger partial charge in [-0.3, -0.25) is 0 Å². The SMILES string of the molecule is CC1CCC(C)(C)C1(O)C(=O)O. The summed E-state index contributed by atoms with van der Waals surface area (Å²) in [5, 5.41) is 18.9. The molecule has 2 atom stereocenters. The highest BCUT2D eigenvalue weighted by Crippen LogP contribution is 2.49. The second kappa shape index (κ2) is 2.46. The molecule has 12 heavy (non-hydrogen) atoms. The summed E-state index contributed by atoms with van der Waals surface area (Å²) in [6.07, 6.45) is 1.56. The number of carboxylic acids is 1. The zero-order valence-electron chi connectivity index (χ0n) is 7.79. The van der Waals surface area contributed by atoms with Gasteiger partial charge in [-0.25, -0.2) is 4.79 Å². The van der Waals surface area contributed by atoms with Gasteiger partial charge in [-0.05, 0) is 18.8 Å². The Morgan fingerprint density at radius 1 is 1.50 bits per heavy atom. The second-order valence-electron chi connectivity index (χ2n) is 4.40. The first-order valence-corrected chi connectivity index (χ1v) is 4.28. The third kappa shape index (κ3) is 0.959. The normalized spacial score (nSPS) is 39.8. The van der Waals surface area contributed by atoms with Crippen LogP contribution in [0.3, 0.4) is 0 Å². The average Bonchev–Trinajstić information content (AvgIpc) is 2.15. The van der Waals surface area contributed by atoms with Gasteiger partial charge in [-0.15, -0.1) is 0 Å². The van der Waals surface area contributed by atoms with E-state index >= 15 is 0 Å². The van der Waals surface area contributed by atoms with Crippen molar-refractivity contribution in [3.63, 3.8) is 0 Å². The molecule has 0 spiro atoms. The van der Waals surface area contributed by atoms with Gasteiger partial charge >= 0.3 is 5.97 Å². The standard InChI is InChI=1S/C9H16O3/c1-6-4-5-8(2,3)9(6,12)7(10)11/h6,12H,4-5H2,1-3H3,(H,10,11). The molecule has 0 aromatic heterocycles. The Hall–Kier alpha value is -0.570. The topological polar surface area (TPSA) is 57.5 Å². The van der Waals surface area contributed by atoms with Gasteiger partial charge in [-0.1, -0.05) is 20.8 Å². The Bertz CT molecular complexity index is 210. The van der Waals surface area contributed by atoms with Crippen molar-refractivity contribution in [1.82, 2.24) is 0 Å². The van der Waals surface area contributed by atoms with E-state index in [4.69, 9.17) is 5.11 Å². The first kappa shape index (κ1) is 9.52. The van der Waals surface area contributed by atoms with Crippen LogP contribution < -0.4 is 0 Å². The van der Waals surface area contributed by atoms with Crippen LogP contribution in [0.15, 0.2) is 0 Å². The van der Waals surface area contributed by atoms with E-state index in [9.17, 15) is 9.90 Å². The third-order valence-corrected chi connectivity index (χ3v) is 3.27. The zero-order valence-corrected chi connectivity index (χ0v) is 7.79. The monoisotopic (exact) mass is 172 g/mol. The molecule has 2 unspecified atom stereocenters. The lowest BCUT2D eigenvalue weighted by molar-refractivity contribution is -0.174. The van der Waals surface area contributed by atoms with Crippen LogP contribution in [-0.2, 0) is 4.79 Å². The number of rotatable bonds is 1. The summed E-state index contributed by atoms with van der Waals surface area (Å²) in [4.78, 5) is 10.9. The molecule has 0 saturated heterocycles. The van der Waals surface area contributed by atoms with Gasteiger partial charge in [0.15, 0.2) is 5.60 Å². The summed E-state index contributed by atoms with van der Waals surface area (Å²) in [5.74, 6) is -1.23. The van der Waals surface area contributed by atoms with E-state index in [1.54, 1.807) is 6.92 Å². The first-order valence-electron chi connectivity index (χ1n) is 4.28. The van der Waals surface area contributed by atoms with Gasteiger partial charge in [0, 0.05) is 5.41 Å². The Kier molecular flexibility index (Phi) is 1.95. The molecule has 0 radical (unpaired) electrons. The molecule has 0 bridgehead atoms. The molecule has 3 nitrogen and oxygen atoms in total. The maximum absolute atomic E-state index is 10.9. The van der Waals surface area contributed by atoms with E-state index in [2.05, 4.69) is 0 Å². The first-order chi connectivity index (χ1) is 5.32. The number of carbonyl (C=O) groups is 1. The van der Waals surface area contributed by atoms with Gasteiger partial charge in [0.1, 0.15) is 0 Å². The Labute approximate surface area is 72.4 Å². The highest BCUT2D eigenvalue weighted by molar-refractivity contribution is 5.79. The number of carboxylic acid groups (broad SMARTS) is 1. The number of aliphatic carboxylic acids is 1. The summed E-state index contributed by atoms with van der Waals surface area (Å²) >= 11 is 0. The molecular weight excluding hydrogens is 156 g/mol. The van der Waals surface area contributed by atoms with Crippen molar-refractivity contribution in [1.29, 1.82) is 0 Å². The fourth-order valence-electron chi connectivity index (χ4n) is 2.14. The molecule has 3 heteroatoms. The summed E-state index contributed by atoms with van der Waals surface area (Å²) in [6.45, 7) is 5.41. The molecule has 0 heterocycles. The van der Waals surface area contributed by atoms with Gasteiger partial charge in [0.05, 0.1) is 0 Å². The fraction of sp³-hybridized carbons (Fsp3) is 0.889. The van der Waals surface area contributed by atoms with Crippen LogP contribution >= 0.6 is 0 Å². The van der Waals surface area contributed by atoms with Crippen molar-refractivity contribution in [2.75, 3.05) is 0 Å². The summed E-state index contributed by atoms with van der Waals surface area (Å²) in [7, 11) is 0. The molecule has 1 saturated carbocycles. The van der Waals surface area contributed by atoms with Crippen molar-refractivity contribution >= 4 is 5.97 Å². The molecule has 0 amide bonds. The van der Waals surface area contributed by atoms with Crippen LogP contribution in [0.1, 0.15) is 33.6 Å². The Morgan fingerprint density at radius 3 is 2.17 bits per heavy atom. The minimum absolute atomic E-state index is 0.148. The van der Waals surface area contributed by atoms with Crippen LogP contribution in [0.25, 0.3) is 0 Å². The van der Waals surface area contributed by atoms with Gasteiger partial charge in [-0.2, -0.15) is 0 Å². The Balaban J connectivity index is 3.06. The van der Waals surface area contributed by atoms with Crippen molar-refractivity contribution < 1.29 is 15.0 Å². The highest BCUT2D eigenvalue weighted by Gasteiger charge is 2.57. The predicted molar refractivity (Wildman–Crippen MR) is 44.8 cm³/mol. The van der Waals surface area contributed by atoms with E-state index in [0.717, 1.165) is 12.8 Å². The van der Waals surface area contributed by atoms with Gasteiger partial charge in [0.25, 0.3) is 0 Å². The van der Waals surface area contributed by atoms with Crippen molar-refractivity contribution in [3.05, 3.63) is 0 Å². The molecule has 1 aliphatic carbocycles. The van der Waals surface area contributed by atoms with Crippen LogP contribution in [0.2, 0.25) is 0 Å². The fourth-order valence-corrected chi connectivity index (χ4v) is 2.14. The van der Waals surface area contributed by atoms with E-state index in [-0.39, 0.29) is 5.92 Å². The second-order valence-corrected chi connectivity index (χ2v) is 4.40. The molecular formula is C9H16O3. The van der Waals surface area contributed by atoms with E-state index in [1.807, 2.05) is 13.8 Å². The van der Waals surface area contributed by atoms with Crippen LogP contribution in [0, 0.1) is 11.3 Å². The Morgan fingerprint density at radius 2 is 2.00 bits per heavy atom. The van der Waals surface area contributed by atoms with Crippen LogP contribution in [0.4, 0.5) is 0 Å². The van der Waals surface area contributed by atoms with E-state index in [1.165, 1.54) is 0 Å². The zero-order chi connectivity index (χ0) is 9.57. The average molecular weight is 172 g/mol.